The minimum atomic E-state index is -1.20. The van der Waals surface area contributed by atoms with Gasteiger partial charge < -0.3 is 19.5 Å². The molecule has 1 aliphatic rings. The van der Waals surface area contributed by atoms with E-state index in [9.17, 15) is 18.4 Å². The predicted octanol–water partition coefficient (Wildman–Crippen LogP) is 1.75. The van der Waals surface area contributed by atoms with E-state index in [1.54, 1.807) is 0 Å². The molecule has 1 saturated heterocycles. The van der Waals surface area contributed by atoms with E-state index in [1.807, 2.05) is 0 Å². The minimum absolute atomic E-state index is 0.0887. The van der Waals surface area contributed by atoms with Crippen LogP contribution in [0, 0.1) is 11.6 Å². The van der Waals surface area contributed by atoms with E-state index in [-0.39, 0.29) is 18.1 Å². The van der Waals surface area contributed by atoms with Gasteiger partial charge in [0.25, 0.3) is 11.7 Å². The molecule has 0 aromatic heterocycles. The first-order chi connectivity index (χ1) is 10.7. The summed E-state index contributed by atoms with van der Waals surface area (Å²) in [6.45, 7) is 2.92. The Bertz CT molecular complexity index is 684. The van der Waals surface area contributed by atoms with Crippen molar-refractivity contribution in [1.29, 1.82) is 0 Å². The molecule has 2 rings (SSSR count). The molecule has 1 aromatic rings. The number of amides is 1. The molecule has 8 heteroatoms. The van der Waals surface area contributed by atoms with Crippen molar-refractivity contribution in [2.75, 3.05) is 7.11 Å². The number of benzene rings is 1. The van der Waals surface area contributed by atoms with Crippen LogP contribution >= 0.6 is 0 Å². The average Bonchev–Trinajstić information content (AvgIpc) is 2.74. The topological polar surface area (TPSA) is 73.9 Å². The number of rotatable bonds is 4. The lowest BCUT2D eigenvalue weighted by molar-refractivity contribution is -0.159. The molecule has 0 bridgehead atoms. The molecule has 23 heavy (non-hydrogen) atoms. The van der Waals surface area contributed by atoms with E-state index in [0.29, 0.717) is 5.56 Å². The highest BCUT2D eigenvalue weighted by Crippen LogP contribution is 2.28. The maximum absolute atomic E-state index is 13.1. The van der Waals surface area contributed by atoms with Crippen LogP contribution in [0.25, 0.3) is 0 Å². The fraction of sp³-hybridized carbons (Fsp3) is 0.333. The summed E-state index contributed by atoms with van der Waals surface area (Å²) in [5.74, 6) is -5.48. The van der Waals surface area contributed by atoms with Crippen LogP contribution < -0.4 is 5.32 Å². The Kier molecular flexibility index (Phi) is 4.53. The summed E-state index contributed by atoms with van der Waals surface area (Å²) in [6, 6.07) is 3.23. The predicted molar refractivity (Wildman–Crippen MR) is 73.5 cm³/mol. The maximum atomic E-state index is 13.1. The van der Waals surface area contributed by atoms with E-state index in [1.165, 1.54) is 27.0 Å². The van der Waals surface area contributed by atoms with Gasteiger partial charge in [-0.25, -0.2) is 13.6 Å². The van der Waals surface area contributed by atoms with Crippen LogP contribution in [0.2, 0.25) is 0 Å². The van der Waals surface area contributed by atoms with Gasteiger partial charge in [0.2, 0.25) is 11.5 Å². The Labute approximate surface area is 131 Å². The van der Waals surface area contributed by atoms with Gasteiger partial charge in [0.1, 0.15) is 0 Å². The molecule has 6 nitrogen and oxygen atoms in total. The highest BCUT2D eigenvalue weighted by Gasteiger charge is 2.41. The van der Waals surface area contributed by atoms with E-state index in [0.717, 1.165) is 12.1 Å². The molecular formula is C15H15F2NO5. The lowest BCUT2D eigenvalue weighted by Gasteiger charge is -2.14. The van der Waals surface area contributed by atoms with Crippen molar-refractivity contribution in [1.82, 2.24) is 5.32 Å². The summed E-state index contributed by atoms with van der Waals surface area (Å²) in [5, 5.41) is 2.42. The minimum Gasteiger partial charge on any atom is -0.488 e. The zero-order chi connectivity index (χ0) is 17.2. The number of hydrogen-bond donors (Lipinski definition) is 1. The summed E-state index contributed by atoms with van der Waals surface area (Å²) in [5.41, 5.74) is 0.341. The zero-order valence-corrected chi connectivity index (χ0v) is 12.7. The lowest BCUT2D eigenvalue weighted by atomic mass is 10.2. The van der Waals surface area contributed by atoms with Crippen LogP contribution in [-0.2, 0) is 30.3 Å². The second kappa shape index (κ2) is 6.23. The summed E-state index contributed by atoms with van der Waals surface area (Å²) >= 11 is 0. The first kappa shape index (κ1) is 16.7. The van der Waals surface area contributed by atoms with Gasteiger partial charge in [0.05, 0.1) is 7.11 Å². The number of methoxy groups -OCH3 is 1. The van der Waals surface area contributed by atoms with E-state index in [4.69, 9.17) is 14.2 Å². The molecule has 1 N–H and O–H groups in total. The fourth-order valence-electron chi connectivity index (χ4n) is 1.92. The molecular weight excluding hydrogens is 312 g/mol. The van der Waals surface area contributed by atoms with Crippen LogP contribution in [0.3, 0.4) is 0 Å². The normalized spacial score (nSPS) is 18.0. The van der Waals surface area contributed by atoms with Crippen LogP contribution in [0.4, 0.5) is 8.78 Å². The van der Waals surface area contributed by atoms with Crippen LogP contribution in [0.15, 0.2) is 29.7 Å². The number of esters is 1. The first-order valence-electron chi connectivity index (χ1n) is 6.66. The van der Waals surface area contributed by atoms with Gasteiger partial charge in [0, 0.05) is 20.4 Å². The highest BCUT2D eigenvalue weighted by atomic mass is 19.2. The summed E-state index contributed by atoms with van der Waals surface area (Å²) in [4.78, 5) is 23.8. The van der Waals surface area contributed by atoms with Crippen molar-refractivity contribution in [2.24, 2.45) is 0 Å². The van der Waals surface area contributed by atoms with Gasteiger partial charge in [-0.15, -0.1) is 0 Å². The quantitative estimate of drug-likeness (QED) is 0.518. The van der Waals surface area contributed by atoms with Crippen LogP contribution in [0.1, 0.15) is 19.4 Å². The van der Waals surface area contributed by atoms with Gasteiger partial charge in [-0.1, -0.05) is 6.07 Å². The molecule has 1 aromatic carbocycles. The number of carbonyl (C=O) groups excluding carboxylic acids is 2. The number of hydrogen-bond acceptors (Lipinski definition) is 5. The molecule has 0 aliphatic carbocycles. The molecule has 1 heterocycles. The Balaban J connectivity index is 2.12. The van der Waals surface area contributed by atoms with Gasteiger partial charge in [-0.05, 0) is 17.7 Å². The zero-order valence-electron chi connectivity index (χ0n) is 12.7. The average molecular weight is 327 g/mol. The molecule has 0 unspecified atom stereocenters. The molecule has 0 atom stereocenters. The van der Waals surface area contributed by atoms with Gasteiger partial charge in [-0.2, -0.15) is 0 Å². The van der Waals surface area contributed by atoms with Crippen molar-refractivity contribution in [3.8, 4) is 0 Å². The highest BCUT2D eigenvalue weighted by molar-refractivity contribution is 6.00. The van der Waals surface area contributed by atoms with Crippen molar-refractivity contribution in [3.63, 3.8) is 0 Å². The number of nitrogens with one attached hydrogen (secondary N) is 1. The molecule has 1 amide bonds. The third kappa shape index (κ3) is 3.77. The SMILES string of the molecule is COC(C(=O)NCc1ccc(F)c(F)c1)=C1OC(C)(C)OC1=O. The molecule has 124 valence electrons. The van der Waals surface area contributed by atoms with E-state index >= 15 is 0 Å². The largest absolute Gasteiger partial charge is 0.488 e. The standard InChI is InChI=1S/C15H15F2NO5/c1-15(2)22-12(14(20)23-15)11(21-3)13(19)18-7-8-4-5-9(16)10(17)6-8/h4-6H,7H2,1-3H3,(H,18,19). The molecule has 1 fully saturated rings. The van der Waals surface area contributed by atoms with Crippen molar-refractivity contribution in [2.45, 2.75) is 26.2 Å². The van der Waals surface area contributed by atoms with Gasteiger partial charge in [0.15, 0.2) is 11.6 Å². The van der Waals surface area contributed by atoms with E-state index in [2.05, 4.69) is 5.32 Å². The van der Waals surface area contributed by atoms with Gasteiger partial charge in [-0.3, -0.25) is 4.79 Å². The Morgan fingerprint density at radius 1 is 1.26 bits per heavy atom. The van der Waals surface area contributed by atoms with Crippen LogP contribution in [0.5, 0.6) is 0 Å². The number of halogens is 2. The lowest BCUT2D eigenvalue weighted by Crippen LogP contribution is -2.27. The van der Waals surface area contributed by atoms with Crippen molar-refractivity contribution >= 4 is 11.9 Å². The molecule has 1 aliphatic heterocycles. The maximum Gasteiger partial charge on any atom is 0.381 e. The number of carbonyl (C=O) groups is 2. The monoisotopic (exact) mass is 327 g/mol. The van der Waals surface area contributed by atoms with Crippen molar-refractivity contribution in [3.05, 3.63) is 46.9 Å². The smallest absolute Gasteiger partial charge is 0.381 e. The molecule has 0 radical (unpaired) electrons. The Morgan fingerprint density at radius 3 is 2.48 bits per heavy atom. The second-order valence-corrected chi connectivity index (χ2v) is 5.18. The van der Waals surface area contributed by atoms with Gasteiger partial charge >= 0.3 is 5.97 Å². The third-order valence-electron chi connectivity index (χ3n) is 2.93. The first-order valence-corrected chi connectivity index (χ1v) is 6.66. The second-order valence-electron chi connectivity index (χ2n) is 5.18. The summed E-state index contributed by atoms with van der Waals surface area (Å²) in [7, 11) is 1.20. The Morgan fingerprint density at radius 2 is 1.96 bits per heavy atom. The molecule has 0 spiro atoms. The van der Waals surface area contributed by atoms with Crippen molar-refractivity contribution < 1.29 is 32.6 Å². The van der Waals surface area contributed by atoms with Crippen LogP contribution in [-0.4, -0.2) is 24.8 Å². The number of cyclic esters (lactones) is 1. The Hall–Kier alpha value is -2.64. The fourth-order valence-corrected chi connectivity index (χ4v) is 1.92. The number of ether oxygens (including phenoxy) is 3. The molecule has 0 saturated carbocycles. The van der Waals surface area contributed by atoms with E-state index < -0.39 is 29.3 Å². The third-order valence-corrected chi connectivity index (χ3v) is 2.93. The summed E-state index contributed by atoms with van der Waals surface area (Å²) in [6.07, 6.45) is 0. The summed E-state index contributed by atoms with van der Waals surface area (Å²) < 4.78 is 41.0.